The predicted octanol–water partition coefficient (Wildman–Crippen LogP) is 5.33. The van der Waals surface area contributed by atoms with Crippen molar-refractivity contribution in [3.63, 3.8) is 0 Å². The minimum absolute atomic E-state index is 0.0747. The lowest BCUT2D eigenvalue weighted by Gasteiger charge is -2.64. The second-order valence-electron chi connectivity index (χ2n) is 11.7. The number of aliphatic hydroxyl groups excluding tert-OH is 1. The van der Waals surface area contributed by atoms with Crippen LogP contribution in [0.5, 0.6) is 0 Å². The fraction of sp³-hybridized carbons (Fsp3) is 0.690. The molecule has 0 bridgehead atoms. The molecule has 0 aromatic carbocycles. The Morgan fingerprint density at radius 3 is 2.54 bits per heavy atom. The Hall–Kier alpha value is -1.80. The average Bonchev–Trinajstić information content (AvgIpc) is 3.06. The molecule has 0 aliphatic heterocycles. The number of ketones is 1. The summed E-state index contributed by atoms with van der Waals surface area (Å²) in [6.07, 6.45) is 6.64. The summed E-state index contributed by atoms with van der Waals surface area (Å²) < 4.78 is 39.5. The van der Waals surface area contributed by atoms with Crippen molar-refractivity contribution in [1.82, 2.24) is 0 Å². The molecular formula is C29H38F2O5S. The van der Waals surface area contributed by atoms with Gasteiger partial charge in [0.15, 0.2) is 11.4 Å². The highest BCUT2D eigenvalue weighted by Crippen LogP contribution is 2.73. The Morgan fingerprint density at radius 2 is 1.89 bits per heavy atom. The lowest BCUT2D eigenvalue weighted by atomic mass is 9.42. The van der Waals surface area contributed by atoms with Crippen molar-refractivity contribution < 1.29 is 33.0 Å². The lowest BCUT2D eigenvalue weighted by Crippen LogP contribution is -2.68. The minimum atomic E-state index is -1.83. The van der Waals surface area contributed by atoms with Gasteiger partial charge in [0.2, 0.25) is 5.12 Å². The number of hydrogen-bond donors (Lipinski definition) is 1. The van der Waals surface area contributed by atoms with Crippen LogP contribution in [0.2, 0.25) is 0 Å². The number of fused-ring (bicyclic) bond motifs is 5. The van der Waals surface area contributed by atoms with Crippen LogP contribution in [0.15, 0.2) is 36.0 Å². The molecule has 4 aliphatic carbocycles. The Balaban J connectivity index is 1.82. The molecule has 3 fully saturated rings. The van der Waals surface area contributed by atoms with Crippen molar-refractivity contribution in [1.29, 1.82) is 0 Å². The van der Waals surface area contributed by atoms with Gasteiger partial charge in [-0.2, -0.15) is 0 Å². The monoisotopic (exact) mass is 536 g/mol. The average molecular weight is 537 g/mol. The highest BCUT2D eigenvalue weighted by atomic mass is 32.2. The minimum Gasteiger partial charge on any atom is -0.449 e. The van der Waals surface area contributed by atoms with Gasteiger partial charge >= 0.3 is 5.97 Å². The van der Waals surface area contributed by atoms with Gasteiger partial charge in [-0.05, 0) is 55.7 Å². The number of halogens is 2. The summed E-state index contributed by atoms with van der Waals surface area (Å²) in [7, 11) is 0. The number of alkyl halides is 2. The molecule has 0 spiro atoms. The molecule has 1 N–H and O–H groups in total. The van der Waals surface area contributed by atoms with Gasteiger partial charge in [0, 0.05) is 34.8 Å². The zero-order valence-corrected chi connectivity index (χ0v) is 23.1. The number of rotatable bonds is 6. The number of ether oxygens (including phenoxy) is 1. The van der Waals surface area contributed by atoms with E-state index in [1.54, 1.807) is 39.0 Å². The lowest BCUT2D eigenvalue weighted by molar-refractivity contribution is -0.212. The molecule has 0 saturated heterocycles. The van der Waals surface area contributed by atoms with Crippen molar-refractivity contribution >= 4 is 28.6 Å². The molecule has 5 nitrogen and oxygen atoms in total. The molecule has 8 heteroatoms. The van der Waals surface area contributed by atoms with E-state index in [0.29, 0.717) is 12.2 Å². The van der Waals surface area contributed by atoms with Gasteiger partial charge < -0.3 is 9.84 Å². The highest BCUT2D eigenvalue weighted by molar-refractivity contribution is 8.14. The zero-order valence-electron chi connectivity index (χ0n) is 22.3. The maximum absolute atomic E-state index is 17.6. The first-order chi connectivity index (χ1) is 17.3. The van der Waals surface area contributed by atoms with E-state index in [4.69, 9.17) is 9.84 Å². The van der Waals surface area contributed by atoms with E-state index < -0.39 is 52.0 Å². The Bertz CT molecular complexity index is 1070. The van der Waals surface area contributed by atoms with Gasteiger partial charge in [-0.1, -0.05) is 57.7 Å². The topological polar surface area (TPSA) is 80.7 Å². The molecule has 0 aromatic rings. The Labute approximate surface area is 222 Å². The van der Waals surface area contributed by atoms with Gasteiger partial charge in [-0.3, -0.25) is 14.4 Å². The van der Waals surface area contributed by atoms with Crippen LogP contribution in [0.4, 0.5) is 8.78 Å². The van der Waals surface area contributed by atoms with Crippen LogP contribution < -0.4 is 0 Å². The molecule has 9 atom stereocenters. The standard InChI is InChI=1S/C29H38F2O5S/c1-6-24(34)36-29(25(35)37-12-8-7-11-32)17(2)13-20-21-15-23(30)22-14-19(33)9-10-26(22,4)28(21,31)18(3)16-27(20,29)5/h7-10,14,17-18,20-21,23,32H,6,11-13,15-16H2,1-5H3/b8-7+/t17-,18?,20?,21?,23+,26+,27+,28-,29+/m1/s1. The van der Waals surface area contributed by atoms with E-state index >= 15 is 8.78 Å². The number of thioether (sulfide) groups is 1. The smallest absolute Gasteiger partial charge is 0.306 e. The number of aliphatic hydroxyl groups is 1. The summed E-state index contributed by atoms with van der Waals surface area (Å²) in [6, 6.07) is 0. The van der Waals surface area contributed by atoms with Crippen LogP contribution in [-0.2, 0) is 19.1 Å². The molecule has 37 heavy (non-hydrogen) atoms. The molecular weight excluding hydrogens is 498 g/mol. The first kappa shape index (κ1) is 28.2. The third-order valence-corrected chi connectivity index (χ3v) is 10.9. The van der Waals surface area contributed by atoms with Crippen molar-refractivity contribution in [2.45, 2.75) is 77.7 Å². The molecule has 0 aromatic heterocycles. The Morgan fingerprint density at radius 1 is 1.19 bits per heavy atom. The van der Waals surface area contributed by atoms with Crippen molar-refractivity contribution in [3.05, 3.63) is 36.0 Å². The summed E-state index contributed by atoms with van der Waals surface area (Å²) in [4.78, 5) is 38.8. The molecule has 3 unspecified atom stereocenters. The van der Waals surface area contributed by atoms with Crippen LogP contribution in [0, 0.1) is 34.5 Å². The van der Waals surface area contributed by atoms with Gasteiger partial charge in [0.1, 0.15) is 11.8 Å². The number of allylic oxidation sites excluding steroid dienone is 4. The van der Waals surface area contributed by atoms with Crippen molar-refractivity contribution in [3.8, 4) is 0 Å². The first-order valence-corrected chi connectivity index (χ1v) is 14.2. The molecule has 204 valence electrons. The molecule has 0 heterocycles. The summed E-state index contributed by atoms with van der Waals surface area (Å²) in [5.74, 6) is -2.60. The number of carbonyl (C=O) groups excluding carboxylic acids is 3. The maximum atomic E-state index is 17.6. The maximum Gasteiger partial charge on any atom is 0.306 e. The zero-order chi connectivity index (χ0) is 27.4. The van der Waals surface area contributed by atoms with Crippen LogP contribution in [0.1, 0.15) is 60.3 Å². The van der Waals surface area contributed by atoms with Gasteiger partial charge in [0.25, 0.3) is 0 Å². The van der Waals surface area contributed by atoms with E-state index in [0.717, 1.165) is 11.8 Å². The third kappa shape index (κ3) is 3.83. The fourth-order valence-electron chi connectivity index (χ4n) is 8.36. The van der Waals surface area contributed by atoms with E-state index in [-0.39, 0.29) is 48.3 Å². The first-order valence-electron chi connectivity index (χ1n) is 13.3. The largest absolute Gasteiger partial charge is 0.449 e. The normalized spacial score (nSPS) is 44.7. The molecule has 0 amide bonds. The van der Waals surface area contributed by atoms with Crippen LogP contribution in [0.3, 0.4) is 0 Å². The molecule has 0 radical (unpaired) electrons. The summed E-state index contributed by atoms with van der Waals surface area (Å²) in [5.41, 5.74) is -5.27. The molecule has 4 rings (SSSR count). The second kappa shape index (κ2) is 9.74. The van der Waals surface area contributed by atoms with Crippen molar-refractivity contribution in [2.75, 3.05) is 12.4 Å². The number of hydrogen-bond acceptors (Lipinski definition) is 6. The van der Waals surface area contributed by atoms with E-state index in [1.807, 2.05) is 13.8 Å². The number of esters is 1. The summed E-state index contributed by atoms with van der Waals surface area (Å²) in [6.45, 7) is 8.82. The highest BCUT2D eigenvalue weighted by Gasteiger charge is 2.77. The van der Waals surface area contributed by atoms with Crippen molar-refractivity contribution in [2.24, 2.45) is 34.5 Å². The van der Waals surface area contributed by atoms with Gasteiger partial charge in [-0.25, -0.2) is 8.78 Å². The molecule has 3 saturated carbocycles. The van der Waals surface area contributed by atoms with E-state index in [9.17, 15) is 14.4 Å². The number of carbonyl (C=O) groups is 3. The van der Waals surface area contributed by atoms with Crippen LogP contribution in [0.25, 0.3) is 0 Å². The predicted molar refractivity (Wildman–Crippen MR) is 139 cm³/mol. The second-order valence-corrected chi connectivity index (χ2v) is 12.7. The summed E-state index contributed by atoms with van der Waals surface area (Å²) in [5, 5.41) is 8.76. The third-order valence-electron chi connectivity index (χ3n) is 9.96. The van der Waals surface area contributed by atoms with Gasteiger partial charge in [0.05, 0.1) is 6.61 Å². The fourth-order valence-corrected chi connectivity index (χ4v) is 9.44. The van der Waals surface area contributed by atoms with Gasteiger partial charge in [-0.15, -0.1) is 0 Å². The SMILES string of the molecule is CCC(=O)O[C@]1(C(=O)SC/C=C/CO)[C@H](C)CC2C3C[C@H](F)C4=CC(=O)C=C[C@]4(C)[C@@]3(F)C(C)C[C@@]21C. The van der Waals surface area contributed by atoms with E-state index in [1.165, 1.54) is 12.2 Å². The molecule has 4 aliphatic rings. The quantitative estimate of drug-likeness (QED) is 0.365. The van der Waals surface area contributed by atoms with E-state index in [2.05, 4.69) is 0 Å². The van der Waals surface area contributed by atoms with Crippen LogP contribution >= 0.6 is 11.8 Å². The Kier molecular flexibility index (Phi) is 7.43. The van der Waals surface area contributed by atoms with Crippen LogP contribution in [-0.4, -0.2) is 51.8 Å². The summed E-state index contributed by atoms with van der Waals surface area (Å²) >= 11 is 1.03.